The van der Waals surface area contributed by atoms with E-state index < -0.39 is 23.3 Å². The zero-order valence-electron chi connectivity index (χ0n) is 29.5. The number of rotatable bonds is 11. The van der Waals surface area contributed by atoms with Gasteiger partial charge in [0.05, 0.1) is 12.8 Å². The molecule has 2 N–H and O–H groups in total. The van der Waals surface area contributed by atoms with Gasteiger partial charge in [0.25, 0.3) is 0 Å². The molecule has 14 nitrogen and oxygen atoms in total. The van der Waals surface area contributed by atoms with Crippen LogP contribution in [0.2, 0.25) is 0 Å². The first-order chi connectivity index (χ1) is 23.2. The summed E-state index contributed by atoms with van der Waals surface area (Å²) in [6.45, 7) is 14.8. The summed E-state index contributed by atoms with van der Waals surface area (Å²) in [5.41, 5.74) is 2.31. The molecule has 1 fully saturated rings. The molecule has 49 heavy (non-hydrogen) atoms. The lowest BCUT2D eigenvalue weighted by atomic mass is 10.1. The molecule has 0 unspecified atom stereocenters. The maximum atomic E-state index is 12.6. The molecule has 1 aliphatic heterocycles. The Morgan fingerprint density at radius 3 is 2.31 bits per heavy atom. The second kappa shape index (κ2) is 16.4. The van der Waals surface area contributed by atoms with Crippen molar-refractivity contribution in [1.82, 2.24) is 29.7 Å². The van der Waals surface area contributed by atoms with E-state index in [1.807, 2.05) is 51.1 Å². The fraction of sp³-hybridized carbons (Fsp3) is 0.486. The Hall–Kier alpha value is -4.98. The maximum absolute atomic E-state index is 12.6. The molecule has 0 bridgehead atoms. The minimum absolute atomic E-state index is 0.209. The van der Waals surface area contributed by atoms with E-state index >= 15 is 0 Å². The highest BCUT2D eigenvalue weighted by Gasteiger charge is 2.26. The topological polar surface area (TPSA) is 151 Å². The molecule has 1 saturated heterocycles. The molecule has 14 heteroatoms. The van der Waals surface area contributed by atoms with E-state index in [-0.39, 0.29) is 19.2 Å². The summed E-state index contributed by atoms with van der Waals surface area (Å²) >= 11 is 0. The Labute approximate surface area is 288 Å². The van der Waals surface area contributed by atoms with E-state index in [0.29, 0.717) is 37.1 Å². The smallest absolute Gasteiger partial charge is 0.410 e. The van der Waals surface area contributed by atoms with Crippen molar-refractivity contribution in [2.24, 2.45) is 0 Å². The molecule has 4 rings (SSSR count). The summed E-state index contributed by atoms with van der Waals surface area (Å²) in [5.74, 6) is 0.517. The number of pyridine rings is 1. The van der Waals surface area contributed by atoms with Crippen LogP contribution in [0.4, 0.5) is 27.0 Å². The normalized spacial score (nSPS) is 13.7. The van der Waals surface area contributed by atoms with Crippen molar-refractivity contribution in [3.8, 4) is 11.3 Å². The number of methoxy groups -OCH3 is 1. The van der Waals surface area contributed by atoms with Crippen LogP contribution in [-0.2, 0) is 25.5 Å². The highest BCUT2D eigenvalue weighted by Crippen LogP contribution is 2.22. The van der Waals surface area contributed by atoms with E-state index in [1.165, 1.54) is 12.0 Å². The van der Waals surface area contributed by atoms with E-state index in [0.717, 1.165) is 36.4 Å². The van der Waals surface area contributed by atoms with Crippen LogP contribution >= 0.6 is 0 Å². The zero-order chi connectivity index (χ0) is 35.6. The fourth-order valence-electron chi connectivity index (χ4n) is 4.88. The quantitative estimate of drug-likeness (QED) is 0.204. The number of amides is 2. The molecule has 0 atom stereocenters. The Bertz CT molecular complexity index is 1560. The van der Waals surface area contributed by atoms with Crippen molar-refractivity contribution in [3.63, 3.8) is 0 Å². The number of hydrogen-bond acceptors (Lipinski definition) is 12. The third-order valence-corrected chi connectivity index (χ3v) is 7.22. The average molecular weight is 677 g/mol. The largest absolute Gasteiger partial charge is 0.468 e. The minimum Gasteiger partial charge on any atom is -0.468 e. The molecule has 2 aromatic heterocycles. The second-order valence-corrected chi connectivity index (χ2v) is 13.7. The second-order valence-electron chi connectivity index (χ2n) is 13.7. The van der Waals surface area contributed by atoms with Gasteiger partial charge in [0, 0.05) is 69.5 Å². The lowest BCUT2D eigenvalue weighted by Gasteiger charge is -2.35. The predicted molar refractivity (Wildman–Crippen MR) is 186 cm³/mol. The molecule has 0 radical (unpaired) electrons. The van der Waals surface area contributed by atoms with Gasteiger partial charge < -0.3 is 29.7 Å². The lowest BCUT2D eigenvalue weighted by Crippen LogP contribution is -2.49. The summed E-state index contributed by atoms with van der Waals surface area (Å²) in [6, 6.07) is 13.7. The van der Waals surface area contributed by atoms with Crippen molar-refractivity contribution < 1.29 is 28.6 Å². The number of aromatic nitrogens is 3. The van der Waals surface area contributed by atoms with Gasteiger partial charge in [0.1, 0.15) is 23.6 Å². The first kappa shape index (κ1) is 36.8. The number of nitrogens with zero attached hydrogens (tertiary/aromatic N) is 6. The molecule has 264 valence electrons. The number of ether oxygens (including phenoxy) is 3. The SMILES string of the molecule is COC(=O)CN(CCNc1ccc(-c2ccnc(Nc3cccc(CN4CCN(C(=O)OC(C)(C)C)CC4)c3)n2)cn1)C(=O)OC(C)(C)C. The maximum Gasteiger partial charge on any atom is 0.410 e. The van der Waals surface area contributed by atoms with Gasteiger partial charge in [-0.15, -0.1) is 0 Å². The van der Waals surface area contributed by atoms with Crippen LogP contribution in [0.15, 0.2) is 54.9 Å². The van der Waals surface area contributed by atoms with Crippen LogP contribution in [0.5, 0.6) is 0 Å². The van der Waals surface area contributed by atoms with Gasteiger partial charge in [0.2, 0.25) is 5.95 Å². The number of nitrogens with one attached hydrogen (secondary N) is 2. The Morgan fingerprint density at radius 2 is 1.65 bits per heavy atom. The van der Waals surface area contributed by atoms with E-state index in [9.17, 15) is 14.4 Å². The molecule has 2 amide bonds. The fourth-order valence-corrected chi connectivity index (χ4v) is 4.88. The van der Waals surface area contributed by atoms with E-state index in [4.69, 9.17) is 14.2 Å². The number of anilines is 3. The van der Waals surface area contributed by atoms with Gasteiger partial charge in [-0.3, -0.25) is 14.6 Å². The van der Waals surface area contributed by atoms with Gasteiger partial charge in [-0.1, -0.05) is 12.1 Å². The zero-order valence-corrected chi connectivity index (χ0v) is 29.5. The molecule has 3 aromatic rings. The van der Waals surface area contributed by atoms with Crippen LogP contribution < -0.4 is 10.6 Å². The molecule has 0 spiro atoms. The van der Waals surface area contributed by atoms with Gasteiger partial charge in [-0.2, -0.15) is 0 Å². The van der Waals surface area contributed by atoms with Crippen LogP contribution in [-0.4, -0.2) is 112 Å². The summed E-state index contributed by atoms with van der Waals surface area (Å²) in [4.78, 5) is 55.8. The molecule has 1 aliphatic rings. The Balaban J connectivity index is 1.30. The molecule has 0 saturated carbocycles. The number of esters is 1. The molecular formula is C35H48N8O6. The molecule has 1 aromatic carbocycles. The first-order valence-electron chi connectivity index (χ1n) is 16.3. The Kier molecular flexibility index (Phi) is 12.3. The number of carbonyl (C=O) groups excluding carboxylic acids is 3. The Morgan fingerprint density at radius 1 is 0.918 bits per heavy atom. The van der Waals surface area contributed by atoms with Crippen LogP contribution in [0.3, 0.4) is 0 Å². The number of hydrogen-bond donors (Lipinski definition) is 2. The van der Waals surface area contributed by atoms with E-state index in [2.05, 4.69) is 42.6 Å². The average Bonchev–Trinajstić information content (AvgIpc) is 3.03. The number of carbonyl (C=O) groups is 3. The number of benzene rings is 1. The monoisotopic (exact) mass is 676 g/mol. The summed E-state index contributed by atoms with van der Waals surface area (Å²) in [5, 5.41) is 6.48. The van der Waals surface area contributed by atoms with Gasteiger partial charge in [-0.05, 0) is 77.4 Å². The predicted octanol–water partition coefficient (Wildman–Crippen LogP) is 5.16. The molecule has 0 aliphatic carbocycles. The molecule has 3 heterocycles. The lowest BCUT2D eigenvalue weighted by molar-refractivity contribution is -0.141. The van der Waals surface area contributed by atoms with E-state index in [1.54, 1.807) is 38.1 Å². The van der Waals surface area contributed by atoms with Crippen LogP contribution in [0, 0.1) is 0 Å². The standard InChI is InChI=1S/C35H48N8O6/c1-34(2,3)48-32(45)42-19-17-41(18-20-42)23-25-9-8-10-27(21-25)39-31-37-14-13-28(40-31)26-11-12-29(38-22-26)36-15-16-43(24-30(44)47-7)33(46)49-35(4,5)6/h8-14,21-22H,15-20,23-24H2,1-7H3,(H,36,38)(H,37,39,40). The van der Waals surface area contributed by atoms with Crippen LogP contribution in [0.1, 0.15) is 47.1 Å². The van der Waals surface area contributed by atoms with Crippen LogP contribution in [0.25, 0.3) is 11.3 Å². The highest BCUT2D eigenvalue weighted by molar-refractivity contribution is 5.78. The highest BCUT2D eigenvalue weighted by atomic mass is 16.6. The summed E-state index contributed by atoms with van der Waals surface area (Å²) in [7, 11) is 1.27. The summed E-state index contributed by atoms with van der Waals surface area (Å²) < 4.78 is 15.7. The van der Waals surface area contributed by atoms with Crippen molar-refractivity contribution in [1.29, 1.82) is 0 Å². The third-order valence-electron chi connectivity index (χ3n) is 7.22. The first-order valence-corrected chi connectivity index (χ1v) is 16.3. The number of piperazine rings is 1. The van der Waals surface area contributed by atoms with Crippen molar-refractivity contribution in [2.45, 2.75) is 59.3 Å². The van der Waals surface area contributed by atoms with Gasteiger partial charge >= 0.3 is 18.2 Å². The van der Waals surface area contributed by atoms with Crippen molar-refractivity contribution in [2.75, 3.05) is 63.6 Å². The third kappa shape index (κ3) is 12.2. The van der Waals surface area contributed by atoms with Gasteiger partial charge in [-0.25, -0.2) is 24.5 Å². The minimum atomic E-state index is -0.695. The van der Waals surface area contributed by atoms with Crippen molar-refractivity contribution >= 4 is 35.6 Å². The van der Waals surface area contributed by atoms with Gasteiger partial charge in [0.15, 0.2) is 0 Å². The van der Waals surface area contributed by atoms with Crippen molar-refractivity contribution in [3.05, 3.63) is 60.4 Å². The summed E-state index contributed by atoms with van der Waals surface area (Å²) in [6.07, 6.45) is 2.54. The molecular weight excluding hydrogens is 628 g/mol.